The Balaban J connectivity index is 1.30. The topological polar surface area (TPSA) is 61.8 Å². The normalized spacial score (nSPS) is 13.8. The molecular formula is C27H35N5O2S. The zero-order chi connectivity index (χ0) is 24.6. The summed E-state index contributed by atoms with van der Waals surface area (Å²) >= 11 is 1.43. The van der Waals surface area contributed by atoms with E-state index in [1.807, 2.05) is 35.2 Å². The zero-order valence-corrected chi connectivity index (χ0v) is 21.7. The lowest BCUT2D eigenvalue weighted by molar-refractivity contribution is -0.131. The van der Waals surface area contributed by atoms with Gasteiger partial charge in [0.25, 0.3) is 0 Å². The summed E-state index contributed by atoms with van der Waals surface area (Å²) in [5.41, 5.74) is 2.37. The van der Waals surface area contributed by atoms with Gasteiger partial charge in [0.1, 0.15) is 11.6 Å². The number of benzene rings is 2. The number of rotatable bonds is 10. The Bertz CT molecular complexity index is 1060. The molecule has 4 rings (SSSR count). The van der Waals surface area contributed by atoms with Crippen LogP contribution in [0, 0.1) is 5.92 Å². The average molecular weight is 494 g/mol. The molecule has 1 saturated heterocycles. The van der Waals surface area contributed by atoms with Crippen LogP contribution >= 0.6 is 11.5 Å². The Labute approximate surface area is 212 Å². The molecule has 2 heterocycles. The Morgan fingerprint density at radius 2 is 1.77 bits per heavy atom. The molecule has 0 saturated carbocycles. The number of carbonyl (C=O) groups excluding carboxylic acids is 1. The lowest BCUT2D eigenvalue weighted by atomic mass is 10.1. The van der Waals surface area contributed by atoms with Crippen molar-refractivity contribution < 1.29 is 9.53 Å². The predicted molar refractivity (Wildman–Crippen MR) is 143 cm³/mol. The van der Waals surface area contributed by atoms with Crippen LogP contribution in [0.25, 0.3) is 0 Å². The summed E-state index contributed by atoms with van der Waals surface area (Å²) in [5.74, 6) is 2.38. The van der Waals surface area contributed by atoms with Crippen molar-refractivity contribution in [3.63, 3.8) is 0 Å². The number of piperazine rings is 1. The van der Waals surface area contributed by atoms with Crippen molar-refractivity contribution in [2.45, 2.75) is 26.7 Å². The van der Waals surface area contributed by atoms with Crippen molar-refractivity contribution in [2.24, 2.45) is 5.92 Å². The maximum atomic E-state index is 13.0. The number of amides is 1. The van der Waals surface area contributed by atoms with Crippen LogP contribution in [0.15, 0.2) is 54.6 Å². The summed E-state index contributed by atoms with van der Waals surface area (Å²) < 4.78 is 9.84. The highest BCUT2D eigenvalue weighted by atomic mass is 32.1. The van der Waals surface area contributed by atoms with Crippen LogP contribution in [0.5, 0.6) is 5.75 Å². The molecule has 8 heteroatoms. The van der Waals surface area contributed by atoms with Gasteiger partial charge >= 0.3 is 0 Å². The van der Waals surface area contributed by atoms with E-state index in [2.05, 4.69) is 52.3 Å². The monoisotopic (exact) mass is 493 g/mol. The van der Waals surface area contributed by atoms with Crippen molar-refractivity contribution in [1.29, 1.82) is 0 Å². The molecule has 186 valence electrons. The number of ether oxygens (including phenoxy) is 1. The van der Waals surface area contributed by atoms with Crippen molar-refractivity contribution in [2.75, 3.05) is 56.2 Å². The third-order valence-corrected chi connectivity index (χ3v) is 7.00. The minimum atomic E-state index is 0.210. The zero-order valence-electron chi connectivity index (χ0n) is 20.9. The average Bonchev–Trinajstić information content (AvgIpc) is 3.35. The summed E-state index contributed by atoms with van der Waals surface area (Å²) in [6.07, 6.45) is 1.22. The fourth-order valence-corrected chi connectivity index (χ4v) is 5.04. The highest BCUT2D eigenvalue weighted by molar-refractivity contribution is 7.09. The SMILES string of the molecule is COc1ccc(N2CCN(C(=O)CCN(CC(C)C)c3nc(Cc4ccccc4)ns3)CC2)cc1. The van der Waals surface area contributed by atoms with E-state index in [0.29, 0.717) is 18.9 Å². The summed E-state index contributed by atoms with van der Waals surface area (Å²) in [5, 5.41) is 0.904. The molecule has 0 aliphatic carbocycles. The number of hydrogen-bond donors (Lipinski definition) is 0. The number of aromatic nitrogens is 2. The number of nitrogens with zero attached hydrogens (tertiary/aromatic N) is 5. The second-order valence-electron chi connectivity index (χ2n) is 9.31. The molecule has 1 aliphatic rings. The summed E-state index contributed by atoms with van der Waals surface area (Å²) in [7, 11) is 1.68. The first-order valence-electron chi connectivity index (χ1n) is 12.3. The Morgan fingerprint density at radius 3 is 2.43 bits per heavy atom. The van der Waals surface area contributed by atoms with Crippen LogP contribution in [0.3, 0.4) is 0 Å². The Kier molecular flexibility index (Phi) is 8.58. The molecular weight excluding hydrogens is 458 g/mol. The van der Waals surface area contributed by atoms with E-state index in [1.54, 1.807) is 7.11 Å². The van der Waals surface area contributed by atoms with Crippen LogP contribution in [0.1, 0.15) is 31.7 Å². The van der Waals surface area contributed by atoms with Crippen LogP contribution in [0.2, 0.25) is 0 Å². The standard InChI is InChI=1S/C27H35N5O2S/c1-21(2)20-32(27-28-25(29-35-27)19-22-7-5-4-6-8-22)14-13-26(33)31-17-15-30(16-18-31)23-9-11-24(34-3)12-10-23/h4-12,21H,13-20H2,1-3H3. The second-order valence-corrected chi connectivity index (χ2v) is 10.0. The minimum Gasteiger partial charge on any atom is -0.497 e. The fourth-order valence-electron chi connectivity index (χ4n) is 4.33. The van der Waals surface area contributed by atoms with E-state index in [9.17, 15) is 4.79 Å². The van der Waals surface area contributed by atoms with Gasteiger partial charge in [0, 0.05) is 69.3 Å². The Hall–Kier alpha value is -3.13. The van der Waals surface area contributed by atoms with Gasteiger partial charge in [0.05, 0.1) is 7.11 Å². The molecule has 3 aromatic rings. The van der Waals surface area contributed by atoms with Gasteiger partial charge in [-0.15, -0.1) is 0 Å². The van der Waals surface area contributed by atoms with Gasteiger partial charge in [0.15, 0.2) is 0 Å². The molecule has 1 aliphatic heterocycles. The van der Waals surface area contributed by atoms with Crippen molar-refractivity contribution in [1.82, 2.24) is 14.3 Å². The highest BCUT2D eigenvalue weighted by Crippen LogP contribution is 2.22. The van der Waals surface area contributed by atoms with Crippen LogP contribution in [0.4, 0.5) is 10.8 Å². The Morgan fingerprint density at radius 1 is 1.06 bits per heavy atom. The van der Waals surface area contributed by atoms with E-state index in [1.165, 1.54) is 22.8 Å². The quantitative estimate of drug-likeness (QED) is 0.419. The summed E-state index contributed by atoms with van der Waals surface area (Å²) in [4.78, 5) is 24.4. The fraction of sp³-hybridized carbons (Fsp3) is 0.444. The van der Waals surface area contributed by atoms with Crippen molar-refractivity contribution >= 4 is 28.3 Å². The van der Waals surface area contributed by atoms with E-state index >= 15 is 0 Å². The molecule has 0 N–H and O–H groups in total. The highest BCUT2D eigenvalue weighted by Gasteiger charge is 2.23. The van der Waals surface area contributed by atoms with Gasteiger partial charge in [-0.2, -0.15) is 4.37 Å². The summed E-state index contributed by atoms with van der Waals surface area (Å²) in [6.45, 7) is 9.08. The molecule has 0 bridgehead atoms. The molecule has 1 amide bonds. The van der Waals surface area contributed by atoms with Crippen LogP contribution < -0.4 is 14.5 Å². The molecule has 35 heavy (non-hydrogen) atoms. The molecule has 0 atom stereocenters. The maximum absolute atomic E-state index is 13.0. The number of hydrogen-bond acceptors (Lipinski definition) is 7. The molecule has 0 spiro atoms. The van der Waals surface area contributed by atoms with Gasteiger partial charge in [-0.25, -0.2) is 4.98 Å². The third-order valence-electron chi connectivity index (χ3n) is 6.18. The number of carbonyl (C=O) groups is 1. The molecule has 0 radical (unpaired) electrons. The molecule has 7 nitrogen and oxygen atoms in total. The van der Waals surface area contributed by atoms with Gasteiger partial charge in [-0.05, 0) is 35.7 Å². The number of anilines is 2. The lowest BCUT2D eigenvalue weighted by Crippen LogP contribution is -2.49. The van der Waals surface area contributed by atoms with Crippen LogP contribution in [-0.4, -0.2) is 66.5 Å². The largest absolute Gasteiger partial charge is 0.497 e. The first-order valence-corrected chi connectivity index (χ1v) is 13.1. The van der Waals surface area contributed by atoms with Gasteiger partial charge in [-0.3, -0.25) is 4.79 Å². The molecule has 0 unspecified atom stereocenters. The second kappa shape index (κ2) is 12.0. The van der Waals surface area contributed by atoms with E-state index < -0.39 is 0 Å². The van der Waals surface area contributed by atoms with E-state index in [-0.39, 0.29) is 5.91 Å². The molecule has 1 aromatic heterocycles. The van der Waals surface area contributed by atoms with Gasteiger partial charge in [-0.1, -0.05) is 44.2 Å². The third kappa shape index (κ3) is 6.94. The van der Waals surface area contributed by atoms with E-state index in [4.69, 9.17) is 9.72 Å². The lowest BCUT2D eigenvalue weighted by Gasteiger charge is -2.36. The predicted octanol–water partition coefficient (Wildman–Crippen LogP) is 4.34. The van der Waals surface area contributed by atoms with Crippen LogP contribution in [-0.2, 0) is 11.2 Å². The number of methoxy groups -OCH3 is 1. The smallest absolute Gasteiger partial charge is 0.224 e. The first-order chi connectivity index (χ1) is 17.0. The molecule has 1 fully saturated rings. The van der Waals surface area contributed by atoms with Gasteiger partial charge in [0.2, 0.25) is 11.0 Å². The summed E-state index contributed by atoms with van der Waals surface area (Å²) in [6, 6.07) is 18.4. The van der Waals surface area contributed by atoms with E-state index in [0.717, 1.165) is 55.9 Å². The van der Waals surface area contributed by atoms with Crippen molar-refractivity contribution in [3.05, 3.63) is 66.0 Å². The minimum absolute atomic E-state index is 0.210. The first kappa shape index (κ1) is 25.0. The van der Waals surface area contributed by atoms with Gasteiger partial charge < -0.3 is 19.4 Å². The maximum Gasteiger partial charge on any atom is 0.224 e. The van der Waals surface area contributed by atoms with Crippen molar-refractivity contribution in [3.8, 4) is 5.75 Å². The molecule has 2 aromatic carbocycles.